The molecule has 2 fully saturated rings. The fraction of sp³-hybridized carbons (Fsp3) is 0.722. The van der Waals surface area contributed by atoms with Crippen molar-refractivity contribution in [3.63, 3.8) is 0 Å². The number of aryl methyl sites for hydroxylation is 1. The van der Waals surface area contributed by atoms with Crippen molar-refractivity contribution in [2.24, 2.45) is 17.8 Å². The van der Waals surface area contributed by atoms with E-state index in [1.807, 2.05) is 31.1 Å². The molecule has 2 amide bonds. The topological polar surface area (TPSA) is 62.3 Å². The fourth-order valence-electron chi connectivity index (χ4n) is 3.32. The number of aromatic nitrogens is 1. The van der Waals surface area contributed by atoms with Gasteiger partial charge in [-0.2, -0.15) is 0 Å². The highest BCUT2D eigenvalue weighted by molar-refractivity contribution is 7.09. The van der Waals surface area contributed by atoms with Crippen molar-refractivity contribution in [1.29, 1.82) is 0 Å². The van der Waals surface area contributed by atoms with Gasteiger partial charge in [0.25, 0.3) is 0 Å². The smallest absolute Gasteiger partial charge is 0.225 e. The molecule has 0 spiro atoms. The maximum absolute atomic E-state index is 12.7. The quantitative estimate of drug-likeness (QED) is 0.889. The molecule has 2 heterocycles. The van der Waals surface area contributed by atoms with Crippen LogP contribution in [0.1, 0.15) is 56.3 Å². The minimum Gasteiger partial charge on any atom is -0.346 e. The molecule has 0 radical (unpaired) electrons. The Morgan fingerprint density at radius 2 is 1.92 bits per heavy atom. The molecule has 1 saturated carbocycles. The van der Waals surface area contributed by atoms with Gasteiger partial charge in [-0.3, -0.25) is 9.59 Å². The monoisotopic (exact) mass is 349 g/mol. The van der Waals surface area contributed by atoms with E-state index in [1.165, 1.54) is 12.8 Å². The molecule has 5 nitrogen and oxygen atoms in total. The summed E-state index contributed by atoms with van der Waals surface area (Å²) in [5.74, 6) is 0.924. The number of carbonyl (C=O) groups is 2. The number of nitrogens with zero attached hydrogens (tertiary/aromatic N) is 2. The molecule has 132 valence electrons. The Hall–Kier alpha value is -1.43. The Kier molecular flexibility index (Phi) is 5.23. The Balaban J connectivity index is 1.56. The molecule has 1 atom stereocenters. The predicted octanol–water partition coefficient (Wildman–Crippen LogP) is 2.91. The normalized spacial score (nSPS) is 20.2. The van der Waals surface area contributed by atoms with Crippen molar-refractivity contribution in [3.05, 3.63) is 16.1 Å². The van der Waals surface area contributed by atoms with Gasteiger partial charge in [0, 0.05) is 36.0 Å². The van der Waals surface area contributed by atoms with Crippen molar-refractivity contribution in [1.82, 2.24) is 15.2 Å². The minimum atomic E-state index is 0.0171. The molecule has 1 aliphatic heterocycles. The number of thiazole rings is 1. The van der Waals surface area contributed by atoms with E-state index >= 15 is 0 Å². The molecule has 2 aliphatic rings. The Bertz CT molecular complexity index is 601. The molecule has 6 heteroatoms. The summed E-state index contributed by atoms with van der Waals surface area (Å²) in [5, 5.41) is 6.34. The average molecular weight is 350 g/mol. The van der Waals surface area contributed by atoms with Crippen LogP contribution in [0.5, 0.6) is 0 Å². The molecule has 1 aliphatic carbocycles. The molecular formula is C18H27N3O2S. The van der Waals surface area contributed by atoms with E-state index in [0.29, 0.717) is 19.0 Å². The first-order valence-electron chi connectivity index (χ1n) is 8.97. The molecule has 1 saturated heterocycles. The Morgan fingerprint density at radius 3 is 2.42 bits per heavy atom. The van der Waals surface area contributed by atoms with Crippen LogP contribution in [0.4, 0.5) is 0 Å². The first-order chi connectivity index (χ1) is 11.5. The van der Waals surface area contributed by atoms with Gasteiger partial charge in [-0.15, -0.1) is 11.3 Å². The summed E-state index contributed by atoms with van der Waals surface area (Å²) in [6.45, 7) is 7.24. The van der Waals surface area contributed by atoms with Crippen LogP contribution >= 0.6 is 11.3 Å². The second kappa shape index (κ2) is 7.21. The molecular weight excluding hydrogens is 322 g/mol. The molecule has 1 aromatic heterocycles. The van der Waals surface area contributed by atoms with Gasteiger partial charge in [-0.1, -0.05) is 13.8 Å². The molecule has 3 rings (SSSR count). The third-order valence-corrected chi connectivity index (χ3v) is 6.01. The van der Waals surface area contributed by atoms with E-state index in [0.717, 1.165) is 23.5 Å². The van der Waals surface area contributed by atoms with Gasteiger partial charge in [-0.25, -0.2) is 4.98 Å². The molecule has 0 bridgehead atoms. The highest BCUT2D eigenvalue weighted by atomic mass is 32.1. The Morgan fingerprint density at radius 1 is 1.25 bits per heavy atom. The average Bonchev–Trinajstić information content (AvgIpc) is 3.32. The number of nitrogens with one attached hydrogen (secondary N) is 1. The lowest BCUT2D eigenvalue weighted by atomic mass is 9.94. The van der Waals surface area contributed by atoms with Gasteiger partial charge in [0.05, 0.1) is 6.04 Å². The van der Waals surface area contributed by atoms with Gasteiger partial charge in [-0.05, 0) is 38.5 Å². The molecule has 0 aromatic carbocycles. The third-order valence-electron chi connectivity index (χ3n) is 4.97. The molecule has 1 aromatic rings. The van der Waals surface area contributed by atoms with Crippen LogP contribution in [0.2, 0.25) is 0 Å². The number of likely N-dealkylation sites (tertiary alicyclic amines) is 1. The van der Waals surface area contributed by atoms with Crippen LogP contribution in [0.15, 0.2) is 5.38 Å². The first-order valence-corrected chi connectivity index (χ1v) is 9.85. The van der Waals surface area contributed by atoms with Crippen molar-refractivity contribution < 1.29 is 9.59 Å². The van der Waals surface area contributed by atoms with Crippen molar-refractivity contribution >= 4 is 23.2 Å². The van der Waals surface area contributed by atoms with E-state index in [4.69, 9.17) is 0 Å². The maximum atomic E-state index is 12.7. The zero-order valence-corrected chi connectivity index (χ0v) is 15.6. The lowest BCUT2D eigenvalue weighted by Crippen LogP contribution is -2.45. The fourth-order valence-corrected chi connectivity index (χ4v) is 4.26. The summed E-state index contributed by atoms with van der Waals surface area (Å²) < 4.78 is 0. The zero-order chi connectivity index (χ0) is 17.3. The van der Waals surface area contributed by atoms with Crippen molar-refractivity contribution in [2.75, 3.05) is 13.1 Å². The first kappa shape index (κ1) is 17.4. The lowest BCUT2D eigenvalue weighted by Gasteiger charge is -2.33. The van der Waals surface area contributed by atoms with Crippen LogP contribution in [-0.2, 0) is 9.59 Å². The van der Waals surface area contributed by atoms with Gasteiger partial charge in [0.15, 0.2) is 0 Å². The van der Waals surface area contributed by atoms with Crippen LogP contribution < -0.4 is 5.32 Å². The number of amides is 2. The van der Waals surface area contributed by atoms with E-state index in [9.17, 15) is 9.59 Å². The van der Waals surface area contributed by atoms with E-state index < -0.39 is 0 Å². The van der Waals surface area contributed by atoms with Crippen molar-refractivity contribution in [2.45, 2.75) is 52.5 Å². The largest absolute Gasteiger partial charge is 0.346 e. The van der Waals surface area contributed by atoms with E-state index in [2.05, 4.69) is 10.3 Å². The summed E-state index contributed by atoms with van der Waals surface area (Å²) in [4.78, 5) is 31.2. The summed E-state index contributed by atoms with van der Waals surface area (Å²) in [6, 6.07) is 0.0755. The van der Waals surface area contributed by atoms with Gasteiger partial charge in [0.2, 0.25) is 11.8 Å². The van der Waals surface area contributed by atoms with E-state index in [-0.39, 0.29) is 29.7 Å². The van der Waals surface area contributed by atoms with Crippen molar-refractivity contribution in [3.8, 4) is 0 Å². The number of carbonyl (C=O) groups excluding carboxylic acids is 2. The second-order valence-corrected chi connectivity index (χ2v) is 8.29. The number of hydrogen-bond acceptors (Lipinski definition) is 4. The van der Waals surface area contributed by atoms with Crippen LogP contribution in [0.25, 0.3) is 0 Å². The summed E-state index contributed by atoms with van der Waals surface area (Å²) in [6.07, 6.45) is 3.87. The molecule has 24 heavy (non-hydrogen) atoms. The highest BCUT2D eigenvalue weighted by Crippen LogP contribution is 2.42. The van der Waals surface area contributed by atoms with Gasteiger partial charge >= 0.3 is 0 Å². The number of rotatable bonds is 5. The number of piperidine rings is 1. The third kappa shape index (κ3) is 3.97. The predicted molar refractivity (Wildman–Crippen MR) is 94.6 cm³/mol. The maximum Gasteiger partial charge on any atom is 0.225 e. The molecule has 1 N–H and O–H groups in total. The zero-order valence-electron chi connectivity index (χ0n) is 14.7. The Labute approximate surface area is 147 Å². The second-order valence-electron chi connectivity index (χ2n) is 7.41. The van der Waals surface area contributed by atoms with Crippen LogP contribution in [0, 0.1) is 24.7 Å². The van der Waals surface area contributed by atoms with Crippen LogP contribution in [0.3, 0.4) is 0 Å². The highest BCUT2D eigenvalue weighted by Gasteiger charge is 2.37. The van der Waals surface area contributed by atoms with Gasteiger partial charge in [0.1, 0.15) is 5.01 Å². The summed E-state index contributed by atoms with van der Waals surface area (Å²) in [7, 11) is 0. The summed E-state index contributed by atoms with van der Waals surface area (Å²) in [5.41, 5.74) is 1.02. The minimum absolute atomic E-state index is 0.0171. The SMILES string of the molecule is Cc1csc([C@H](NC(=O)C2CCN(C(=O)C(C)C)CC2)C2CC2)n1. The number of hydrogen-bond donors (Lipinski definition) is 1. The lowest BCUT2D eigenvalue weighted by molar-refractivity contribution is -0.138. The summed E-state index contributed by atoms with van der Waals surface area (Å²) >= 11 is 1.64. The van der Waals surface area contributed by atoms with E-state index in [1.54, 1.807) is 11.3 Å². The van der Waals surface area contributed by atoms with Crippen LogP contribution in [-0.4, -0.2) is 34.8 Å². The standard InChI is InChI=1S/C18H27N3O2S/c1-11(2)18(23)21-8-6-14(7-9-21)16(22)20-15(13-4-5-13)17-19-12(3)10-24-17/h10-11,13-15H,4-9H2,1-3H3,(H,20,22)/t15-/m1/s1. The molecule has 0 unspecified atom stereocenters. The van der Waals surface area contributed by atoms with Gasteiger partial charge < -0.3 is 10.2 Å².